The first-order valence-corrected chi connectivity index (χ1v) is 9.15. The molecule has 126 valence electrons. The Labute approximate surface area is 134 Å². The minimum Gasteiger partial charge on any atom is -0.377 e. The molecule has 3 fully saturated rings. The van der Waals surface area contributed by atoms with Crippen LogP contribution in [0, 0.1) is 0 Å². The van der Waals surface area contributed by atoms with Crippen molar-refractivity contribution in [3.8, 4) is 0 Å². The molecule has 2 aliphatic heterocycles. The van der Waals surface area contributed by atoms with Gasteiger partial charge in [0.05, 0.1) is 6.10 Å². The van der Waals surface area contributed by atoms with Crippen LogP contribution in [-0.4, -0.2) is 54.9 Å². The monoisotopic (exact) mass is 309 g/mol. The lowest BCUT2D eigenvalue weighted by Crippen LogP contribution is -2.52. The van der Waals surface area contributed by atoms with Crippen LogP contribution >= 0.6 is 0 Å². The van der Waals surface area contributed by atoms with E-state index in [1.165, 1.54) is 19.3 Å². The smallest absolute Gasteiger partial charge is 0.317 e. The summed E-state index contributed by atoms with van der Waals surface area (Å²) in [6.45, 7) is 4.77. The summed E-state index contributed by atoms with van der Waals surface area (Å²) in [6, 6.07) is 1.59. The first-order valence-electron chi connectivity index (χ1n) is 9.15. The predicted octanol–water partition coefficient (Wildman–Crippen LogP) is 2.26. The summed E-state index contributed by atoms with van der Waals surface area (Å²) in [4.78, 5) is 14.3. The fraction of sp³-hybridized carbons (Fsp3) is 0.941. The number of urea groups is 1. The number of hydrogen-bond donors (Lipinski definition) is 2. The van der Waals surface area contributed by atoms with Crippen molar-refractivity contribution in [2.24, 2.45) is 0 Å². The molecule has 2 amide bonds. The van der Waals surface area contributed by atoms with Crippen molar-refractivity contribution in [1.29, 1.82) is 0 Å². The molecule has 0 aromatic heterocycles. The molecule has 22 heavy (non-hydrogen) atoms. The number of amides is 2. The van der Waals surface area contributed by atoms with E-state index in [1.54, 1.807) is 0 Å². The molecule has 0 radical (unpaired) electrons. The number of rotatable bonds is 3. The first-order chi connectivity index (χ1) is 10.7. The third kappa shape index (κ3) is 4.13. The fourth-order valence-corrected chi connectivity index (χ4v) is 4.02. The second-order valence-corrected chi connectivity index (χ2v) is 7.18. The molecule has 2 heterocycles. The third-order valence-corrected chi connectivity index (χ3v) is 5.54. The number of carbonyl (C=O) groups is 1. The quantitative estimate of drug-likeness (QED) is 0.841. The zero-order valence-electron chi connectivity index (χ0n) is 13.9. The predicted molar refractivity (Wildman–Crippen MR) is 87.0 cm³/mol. The SMILES string of the molecule is C[C@@H]1OCC[C@H]1NC1CCN(C(=O)NC2CCCCC2)CC1. The van der Waals surface area contributed by atoms with Gasteiger partial charge >= 0.3 is 6.03 Å². The van der Waals surface area contributed by atoms with Gasteiger partial charge in [-0.05, 0) is 39.0 Å². The first kappa shape index (κ1) is 16.1. The van der Waals surface area contributed by atoms with Crippen molar-refractivity contribution in [2.75, 3.05) is 19.7 Å². The molecule has 0 aromatic carbocycles. The Morgan fingerprint density at radius 2 is 1.73 bits per heavy atom. The summed E-state index contributed by atoms with van der Waals surface area (Å²) in [5.41, 5.74) is 0. The number of likely N-dealkylation sites (tertiary alicyclic amines) is 1. The van der Waals surface area contributed by atoms with Crippen LogP contribution in [0.15, 0.2) is 0 Å². The van der Waals surface area contributed by atoms with E-state index in [0.717, 1.165) is 51.8 Å². The van der Waals surface area contributed by atoms with Gasteiger partial charge in [-0.1, -0.05) is 19.3 Å². The average molecular weight is 309 g/mol. The maximum absolute atomic E-state index is 12.3. The van der Waals surface area contributed by atoms with Crippen molar-refractivity contribution in [3.63, 3.8) is 0 Å². The highest BCUT2D eigenvalue weighted by molar-refractivity contribution is 5.74. The lowest BCUT2D eigenvalue weighted by atomic mass is 9.95. The van der Waals surface area contributed by atoms with Crippen molar-refractivity contribution < 1.29 is 9.53 Å². The van der Waals surface area contributed by atoms with Crippen molar-refractivity contribution in [3.05, 3.63) is 0 Å². The van der Waals surface area contributed by atoms with Gasteiger partial charge in [0, 0.05) is 37.8 Å². The zero-order valence-corrected chi connectivity index (χ0v) is 13.9. The molecule has 2 saturated heterocycles. The molecule has 0 spiro atoms. The van der Waals surface area contributed by atoms with Gasteiger partial charge in [0.2, 0.25) is 0 Å². The number of carbonyl (C=O) groups excluding carboxylic acids is 1. The molecule has 3 rings (SSSR count). The van der Waals surface area contributed by atoms with Gasteiger partial charge in [-0.3, -0.25) is 0 Å². The van der Waals surface area contributed by atoms with Gasteiger partial charge in [0.15, 0.2) is 0 Å². The number of hydrogen-bond acceptors (Lipinski definition) is 3. The van der Waals surface area contributed by atoms with E-state index in [2.05, 4.69) is 17.6 Å². The van der Waals surface area contributed by atoms with Crippen LogP contribution in [0.3, 0.4) is 0 Å². The summed E-state index contributed by atoms with van der Waals surface area (Å²) in [6.07, 6.45) is 9.72. The van der Waals surface area contributed by atoms with Crippen LogP contribution in [0.2, 0.25) is 0 Å². The van der Waals surface area contributed by atoms with Gasteiger partial charge in [0.25, 0.3) is 0 Å². The van der Waals surface area contributed by atoms with E-state index in [0.29, 0.717) is 24.2 Å². The standard InChI is InChI=1S/C17H31N3O2/c1-13-16(9-12-22-13)18-15-7-10-20(11-8-15)17(21)19-14-5-3-2-4-6-14/h13-16,18H,2-12H2,1H3,(H,19,21)/t13-,16+/m0/s1. The third-order valence-electron chi connectivity index (χ3n) is 5.54. The van der Waals surface area contributed by atoms with Crippen molar-refractivity contribution in [2.45, 2.75) is 82.5 Å². The van der Waals surface area contributed by atoms with E-state index in [9.17, 15) is 4.79 Å². The summed E-state index contributed by atoms with van der Waals surface area (Å²) in [5.74, 6) is 0. The van der Waals surface area contributed by atoms with Crippen LogP contribution < -0.4 is 10.6 Å². The Kier molecular flexibility index (Phi) is 5.58. The Morgan fingerprint density at radius 1 is 1.00 bits per heavy atom. The molecule has 3 aliphatic rings. The summed E-state index contributed by atoms with van der Waals surface area (Å²) in [7, 11) is 0. The highest BCUT2D eigenvalue weighted by Crippen LogP contribution is 2.19. The lowest BCUT2D eigenvalue weighted by molar-refractivity contribution is 0.107. The van der Waals surface area contributed by atoms with Gasteiger partial charge in [-0.15, -0.1) is 0 Å². The van der Waals surface area contributed by atoms with Crippen LogP contribution in [0.4, 0.5) is 4.79 Å². The molecule has 1 saturated carbocycles. The number of ether oxygens (including phenoxy) is 1. The Bertz CT molecular complexity index is 363. The molecular weight excluding hydrogens is 278 g/mol. The molecule has 5 heteroatoms. The Balaban J connectivity index is 1.38. The van der Waals surface area contributed by atoms with Gasteiger partial charge in [0.1, 0.15) is 0 Å². The highest BCUT2D eigenvalue weighted by Gasteiger charge is 2.29. The molecule has 2 N–H and O–H groups in total. The van der Waals surface area contributed by atoms with E-state index >= 15 is 0 Å². The molecule has 0 unspecified atom stereocenters. The maximum Gasteiger partial charge on any atom is 0.317 e. The van der Waals surface area contributed by atoms with E-state index in [4.69, 9.17) is 4.74 Å². The second kappa shape index (κ2) is 7.64. The highest BCUT2D eigenvalue weighted by atomic mass is 16.5. The molecule has 0 aromatic rings. The molecule has 0 bridgehead atoms. The van der Waals surface area contributed by atoms with E-state index in [1.807, 2.05) is 4.90 Å². The Morgan fingerprint density at radius 3 is 2.36 bits per heavy atom. The van der Waals surface area contributed by atoms with Gasteiger partial charge in [-0.25, -0.2) is 4.79 Å². The van der Waals surface area contributed by atoms with Crippen LogP contribution in [0.5, 0.6) is 0 Å². The zero-order chi connectivity index (χ0) is 15.4. The van der Waals surface area contributed by atoms with Crippen LogP contribution in [-0.2, 0) is 4.74 Å². The molecule has 5 nitrogen and oxygen atoms in total. The summed E-state index contributed by atoms with van der Waals surface area (Å²) < 4.78 is 5.61. The van der Waals surface area contributed by atoms with E-state index < -0.39 is 0 Å². The molecule has 1 aliphatic carbocycles. The summed E-state index contributed by atoms with van der Waals surface area (Å²) >= 11 is 0. The van der Waals surface area contributed by atoms with Crippen molar-refractivity contribution in [1.82, 2.24) is 15.5 Å². The average Bonchev–Trinajstić information content (AvgIpc) is 2.94. The normalized spacial score (nSPS) is 31.4. The lowest BCUT2D eigenvalue weighted by Gasteiger charge is -2.35. The second-order valence-electron chi connectivity index (χ2n) is 7.18. The van der Waals surface area contributed by atoms with Crippen LogP contribution in [0.1, 0.15) is 58.3 Å². The summed E-state index contributed by atoms with van der Waals surface area (Å²) in [5, 5.41) is 6.96. The van der Waals surface area contributed by atoms with Crippen molar-refractivity contribution >= 4 is 6.03 Å². The maximum atomic E-state index is 12.3. The van der Waals surface area contributed by atoms with Crippen LogP contribution in [0.25, 0.3) is 0 Å². The topological polar surface area (TPSA) is 53.6 Å². The number of nitrogens with zero attached hydrogens (tertiary/aromatic N) is 1. The van der Waals surface area contributed by atoms with Gasteiger partial charge < -0.3 is 20.3 Å². The number of piperidine rings is 1. The fourth-order valence-electron chi connectivity index (χ4n) is 4.02. The molecular formula is C17H31N3O2. The van der Waals surface area contributed by atoms with Gasteiger partial charge in [-0.2, -0.15) is 0 Å². The largest absolute Gasteiger partial charge is 0.377 e. The molecule has 2 atom stereocenters. The Hall–Kier alpha value is -0.810. The minimum atomic E-state index is 0.155. The number of nitrogens with one attached hydrogen (secondary N) is 2. The minimum absolute atomic E-state index is 0.155. The van der Waals surface area contributed by atoms with E-state index in [-0.39, 0.29) is 6.03 Å².